The summed E-state index contributed by atoms with van der Waals surface area (Å²) in [5, 5.41) is 0.740. The SMILES string of the molecule is CCOC(=O)c1coc2c(OC)cc(CC)cc12. The highest BCUT2D eigenvalue weighted by atomic mass is 16.5. The van der Waals surface area contributed by atoms with Crippen LogP contribution in [0.5, 0.6) is 5.75 Å². The van der Waals surface area contributed by atoms with E-state index in [2.05, 4.69) is 0 Å². The van der Waals surface area contributed by atoms with Gasteiger partial charge in [-0.05, 0) is 31.0 Å². The zero-order valence-corrected chi connectivity index (χ0v) is 10.8. The molecule has 0 amide bonds. The van der Waals surface area contributed by atoms with Gasteiger partial charge >= 0.3 is 5.97 Å². The number of methoxy groups -OCH3 is 1. The van der Waals surface area contributed by atoms with Crippen LogP contribution in [0.25, 0.3) is 11.0 Å². The summed E-state index contributed by atoms with van der Waals surface area (Å²) < 4.78 is 15.7. The fourth-order valence-corrected chi connectivity index (χ4v) is 1.88. The molecule has 0 aliphatic heterocycles. The largest absolute Gasteiger partial charge is 0.493 e. The second kappa shape index (κ2) is 5.12. The molecule has 4 nitrogen and oxygen atoms in total. The number of hydrogen-bond donors (Lipinski definition) is 0. The van der Waals surface area contributed by atoms with E-state index in [-0.39, 0.29) is 5.97 Å². The molecule has 4 heteroatoms. The van der Waals surface area contributed by atoms with E-state index in [4.69, 9.17) is 13.9 Å². The van der Waals surface area contributed by atoms with Crippen molar-refractivity contribution in [3.8, 4) is 5.75 Å². The summed E-state index contributed by atoms with van der Waals surface area (Å²) in [4.78, 5) is 11.8. The number of carbonyl (C=O) groups excluding carboxylic acids is 1. The lowest BCUT2D eigenvalue weighted by Crippen LogP contribution is -2.03. The first-order chi connectivity index (χ1) is 8.71. The van der Waals surface area contributed by atoms with E-state index in [0.29, 0.717) is 23.5 Å². The smallest absolute Gasteiger partial charge is 0.342 e. The van der Waals surface area contributed by atoms with Crippen molar-refractivity contribution >= 4 is 16.9 Å². The highest BCUT2D eigenvalue weighted by Crippen LogP contribution is 2.32. The van der Waals surface area contributed by atoms with E-state index >= 15 is 0 Å². The monoisotopic (exact) mass is 248 g/mol. The fraction of sp³-hybridized carbons (Fsp3) is 0.357. The summed E-state index contributed by atoms with van der Waals surface area (Å²) >= 11 is 0. The predicted molar refractivity (Wildman–Crippen MR) is 68.1 cm³/mol. The number of aryl methyl sites for hydroxylation is 1. The van der Waals surface area contributed by atoms with Gasteiger partial charge in [0.2, 0.25) is 0 Å². The van der Waals surface area contributed by atoms with Crippen molar-refractivity contribution in [1.82, 2.24) is 0 Å². The molecule has 0 radical (unpaired) electrons. The van der Waals surface area contributed by atoms with Gasteiger partial charge in [0.15, 0.2) is 11.3 Å². The number of esters is 1. The summed E-state index contributed by atoms with van der Waals surface area (Å²) in [5.74, 6) is 0.270. The molecule has 2 rings (SSSR count). The predicted octanol–water partition coefficient (Wildman–Crippen LogP) is 3.18. The van der Waals surface area contributed by atoms with Gasteiger partial charge in [0, 0.05) is 5.39 Å². The Morgan fingerprint density at radius 3 is 2.72 bits per heavy atom. The first-order valence-corrected chi connectivity index (χ1v) is 5.96. The van der Waals surface area contributed by atoms with Gasteiger partial charge in [0.1, 0.15) is 11.8 Å². The molecule has 0 N–H and O–H groups in total. The molecule has 1 aromatic heterocycles. The van der Waals surface area contributed by atoms with Gasteiger partial charge in [0.05, 0.1) is 13.7 Å². The van der Waals surface area contributed by atoms with Gasteiger partial charge < -0.3 is 13.9 Å². The van der Waals surface area contributed by atoms with Crippen molar-refractivity contribution in [3.05, 3.63) is 29.5 Å². The number of furan rings is 1. The minimum atomic E-state index is -0.369. The third-order valence-electron chi connectivity index (χ3n) is 2.82. The van der Waals surface area contributed by atoms with E-state index in [0.717, 1.165) is 17.4 Å². The average Bonchev–Trinajstić information content (AvgIpc) is 2.81. The van der Waals surface area contributed by atoms with Gasteiger partial charge in [-0.15, -0.1) is 0 Å². The average molecular weight is 248 g/mol. The molecule has 0 atom stereocenters. The number of fused-ring (bicyclic) bond motifs is 1. The Morgan fingerprint density at radius 2 is 2.11 bits per heavy atom. The summed E-state index contributed by atoms with van der Waals surface area (Å²) in [5.41, 5.74) is 2.12. The lowest BCUT2D eigenvalue weighted by atomic mass is 10.1. The first kappa shape index (κ1) is 12.5. The van der Waals surface area contributed by atoms with Crippen molar-refractivity contribution in [1.29, 1.82) is 0 Å². The maximum Gasteiger partial charge on any atom is 0.342 e. The lowest BCUT2D eigenvalue weighted by Gasteiger charge is -2.04. The third kappa shape index (κ3) is 2.06. The maximum absolute atomic E-state index is 11.8. The highest BCUT2D eigenvalue weighted by Gasteiger charge is 2.18. The Bertz CT molecular complexity index is 568. The quantitative estimate of drug-likeness (QED) is 0.780. The summed E-state index contributed by atoms with van der Waals surface area (Å²) in [6.07, 6.45) is 2.28. The van der Waals surface area contributed by atoms with Crippen LogP contribution in [0.2, 0.25) is 0 Å². The highest BCUT2D eigenvalue weighted by molar-refractivity contribution is 6.04. The van der Waals surface area contributed by atoms with Crippen LogP contribution in [0.4, 0.5) is 0 Å². The Morgan fingerprint density at radius 1 is 1.33 bits per heavy atom. The molecule has 96 valence electrons. The fourth-order valence-electron chi connectivity index (χ4n) is 1.88. The Hall–Kier alpha value is -1.97. The van der Waals surface area contributed by atoms with Gasteiger partial charge in [0.25, 0.3) is 0 Å². The molecular weight excluding hydrogens is 232 g/mol. The Kier molecular flexibility index (Phi) is 3.55. The molecule has 18 heavy (non-hydrogen) atoms. The van der Waals surface area contributed by atoms with Crippen LogP contribution in [-0.4, -0.2) is 19.7 Å². The topological polar surface area (TPSA) is 48.7 Å². The van der Waals surface area contributed by atoms with Gasteiger partial charge in [-0.25, -0.2) is 4.79 Å². The van der Waals surface area contributed by atoms with Crippen LogP contribution in [0.15, 0.2) is 22.8 Å². The molecule has 1 aromatic carbocycles. The summed E-state index contributed by atoms with van der Waals surface area (Å²) in [7, 11) is 1.58. The second-order valence-electron chi connectivity index (χ2n) is 3.90. The zero-order valence-electron chi connectivity index (χ0n) is 10.8. The number of benzene rings is 1. The number of carbonyl (C=O) groups is 1. The Balaban J connectivity index is 2.60. The van der Waals surface area contributed by atoms with E-state index < -0.39 is 0 Å². The molecule has 1 heterocycles. The molecule has 0 unspecified atom stereocenters. The van der Waals surface area contributed by atoms with Gasteiger partial charge in [-0.1, -0.05) is 6.92 Å². The molecule has 0 saturated carbocycles. The minimum Gasteiger partial charge on any atom is -0.493 e. The van der Waals surface area contributed by atoms with Gasteiger partial charge in [-0.3, -0.25) is 0 Å². The standard InChI is InChI=1S/C14H16O4/c1-4-9-6-10-11(14(15)17-5-2)8-18-13(10)12(7-9)16-3/h6-8H,4-5H2,1-3H3. The summed E-state index contributed by atoms with van der Waals surface area (Å²) in [6, 6.07) is 3.86. The van der Waals surface area contributed by atoms with Crippen LogP contribution >= 0.6 is 0 Å². The van der Waals surface area contributed by atoms with Crippen LogP contribution in [0.3, 0.4) is 0 Å². The molecule has 0 spiro atoms. The molecule has 0 saturated heterocycles. The molecule has 2 aromatic rings. The van der Waals surface area contributed by atoms with E-state index in [1.54, 1.807) is 14.0 Å². The first-order valence-electron chi connectivity index (χ1n) is 5.96. The van der Waals surface area contributed by atoms with Crippen LogP contribution in [0, 0.1) is 0 Å². The Labute approximate surface area is 105 Å². The molecule has 0 bridgehead atoms. The maximum atomic E-state index is 11.8. The van der Waals surface area contributed by atoms with Crippen molar-refractivity contribution in [2.75, 3.05) is 13.7 Å². The minimum absolute atomic E-state index is 0.343. The third-order valence-corrected chi connectivity index (χ3v) is 2.82. The number of ether oxygens (including phenoxy) is 2. The zero-order chi connectivity index (χ0) is 13.1. The van der Waals surface area contributed by atoms with Crippen molar-refractivity contribution in [2.24, 2.45) is 0 Å². The van der Waals surface area contributed by atoms with E-state index in [9.17, 15) is 4.79 Å². The van der Waals surface area contributed by atoms with E-state index in [1.807, 2.05) is 19.1 Å². The molecule has 0 aliphatic carbocycles. The lowest BCUT2D eigenvalue weighted by molar-refractivity contribution is 0.0527. The van der Waals surface area contributed by atoms with Crippen LogP contribution in [0.1, 0.15) is 29.8 Å². The van der Waals surface area contributed by atoms with E-state index in [1.165, 1.54) is 6.26 Å². The van der Waals surface area contributed by atoms with Gasteiger partial charge in [-0.2, -0.15) is 0 Å². The van der Waals surface area contributed by atoms with Crippen molar-refractivity contribution < 1.29 is 18.7 Å². The number of rotatable bonds is 4. The molecule has 0 fully saturated rings. The molecule has 0 aliphatic rings. The van der Waals surface area contributed by atoms with Crippen LogP contribution < -0.4 is 4.74 Å². The summed E-state index contributed by atoms with van der Waals surface area (Å²) in [6.45, 7) is 4.17. The second-order valence-corrected chi connectivity index (χ2v) is 3.90. The normalized spacial score (nSPS) is 10.6. The molecular formula is C14H16O4. The van der Waals surface area contributed by atoms with Crippen LogP contribution in [-0.2, 0) is 11.2 Å². The van der Waals surface area contributed by atoms with Crippen molar-refractivity contribution in [2.45, 2.75) is 20.3 Å². The number of hydrogen-bond acceptors (Lipinski definition) is 4. The van der Waals surface area contributed by atoms with Crippen molar-refractivity contribution in [3.63, 3.8) is 0 Å².